The smallest absolute Gasteiger partial charge is 0.408 e. The van der Waals surface area contributed by atoms with Crippen LogP contribution in [0.25, 0.3) is 10.8 Å². The third kappa shape index (κ3) is 8.81. The van der Waals surface area contributed by atoms with E-state index in [0.29, 0.717) is 17.7 Å². The molecule has 0 bridgehead atoms. The van der Waals surface area contributed by atoms with E-state index in [4.69, 9.17) is 4.74 Å². The Hall–Kier alpha value is -3.87. The summed E-state index contributed by atoms with van der Waals surface area (Å²) in [6, 6.07) is 19.5. The second-order valence-corrected chi connectivity index (χ2v) is 13.1. The highest BCUT2D eigenvalue weighted by Gasteiger charge is 2.42. The molecular weight excluding hydrogens is 514 g/mol. The number of carbonyl (C=O) groups is 3. The highest BCUT2D eigenvalue weighted by atomic mass is 16.6. The van der Waals surface area contributed by atoms with Gasteiger partial charge in [-0.2, -0.15) is 0 Å². The number of ether oxygens (including phenoxy) is 1. The number of benzene rings is 3. The molecule has 0 heterocycles. The third-order valence-corrected chi connectivity index (χ3v) is 6.54. The minimum atomic E-state index is -0.955. The molecule has 0 aliphatic carbocycles. The zero-order valence-electron chi connectivity index (χ0n) is 25.9. The molecule has 3 amide bonds. The predicted molar refractivity (Wildman–Crippen MR) is 166 cm³/mol. The number of anilines is 1. The Morgan fingerprint density at radius 3 is 2.10 bits per heavy atom. The van der Waals surface area contributed by atoms with E-state index in [9.17, 15) is 14.4 Å². The molecule has 3 aromatic rings. The number of rotatable bonds is 8. The van der Waals surface area contributed by atoms with Crippen molar-refractivity contribution in [2.75, 3.05) is 5.32 Å². The fourth-order valence-electron chi connectivity index (χ4n) is 4.89. The Morgan fingerprint density at radius 2 is 1.51 bits per heavy atom. The number of nitrogens with one attached hydrogen (secondary N) is 2. The van der Waals surface area contributed by atoms with Gasteiger partial charge >= 0.3 is 6.09 Å². The van der Waals surface area contributed by atoms with Crippen LogP contribution in [-0.2, 0) is 14.3 Å². The molecule has 41 heavy (non-hydrogen) atoms. The standard InChI is InChI=1S/C34H45N3O4/c1-22(2)19-28(36-32(40)41-34(7,8)9)31(39)37(33(4,5)6)29(26-16-12-13-23(3)20-26)30(38)35-27-18-17-24-14-10-11-15-25(24)21-27/h10-18,20-22,28-29H,19H2,1-9H3,(H,35,38)(H,36,40). The van der Waals surface area contributed by atoms with Crippen molar-refractivity contribution in [2.24, 2.45) is 5.92 Å². The molecule has 7 heteroatoms. The van der Waals surface area contributed by atoms with Crippen molar-refractivity contribution in [3.05, 3.63) is 77.9 Å². The van der Waals surface area contributed by atoms with E-state index in [-0.39, 0.29) is 17.7 Å². The summed E-state index contributed by atoms with van der Waals surface area (Å²) in [5.41, 5.74) is 0.809. The second-order valence-electron chi connectivity index (χ2n) is 13.1. The summed E-state index contributed by atoms with van der Waals surface area (Å²) in [6.45, 7) is 17.0. The molecule has 0 aromatic heterocycles. The van der Waals surface area contributed by atoms with E-state index in [1.54, 1.807) is 25.7 Å². The van der Waals surface area contributed by atoms with Crippen LogP contribution in [0.3, 0.4) is 0 Å². The fourth-order valence-corrected chi connectivity index (χ4v) is 4.89. The Labute approximate surface area is 244 Å². The van der Waals surface area contributed by atoms with Gasteiger partial charge in [0.25, 0.3) is 5.91 Å². The Kier molecular flexibility index (Phi) is 9.85. The number of fused-ring (bicyclic) bond motifs is 1. The van der Waals surface area contributed by atoms with Crippen molar-refractivity contribution in [1.82, 2.24) is 10.2 Å². The molecule has 0 saturated heterocycles. The first-order chi connectivity index (χ1) is 19.0. The van der Waals surface area contributed by atoms with Gasteiger partial charge in [0.15, 0.2) is 0 Å². The first-order valence-corrected chi connectivity index (χ1v) is 14.2. The lowest BCUT2D eigenvalue weighted by atomic mass is 9.93. The summed E-state index contributed by atoms with van der Waals surface area (Å²) < 4.78 is 5.49. The molecule has 0 spiro atoms. The topological polar surface area (TPSA) is 87.7 Å². The van der Waals surface area contributed by atoms with Gasteiger partial charge in [-0.15, -0.1) is 0 Å². The van der Waals surface area contributed by atoms with Crippen molar-refractivity contribution >= 4 is 34.4 Å². The summed E-state index contributed by atoms with van der Waals surface area (Å²) in [5, 5.41) is 7.93. The SMILES string of the molecule is Cc1cccc(C(C(=O)Nc2ccc3ccccc3c2)N(C(=O)C(CC(C)C)NC(=O)OC(C)(C)C)C(C)(C)C)c1. The molecular formula is C34H45N3O4. The molecule has 2 unspecified atom stereocenters. The van der Waals surface area contributed by atoms with Gasteiger partial charge in [-0.25, -0.2) is 4.79 Å². The first kappa shape index (κ1) is 31.7. The monoisotopic (exact) mass is 559 g/mol. The molecule has 7 nitrogen and oxygen atoms in total. The molecule has 220 valence electrons. The minimum Gasteiger partial charge on any atom is -0.444 e. The van der Waals surface area contributed by atoms with Crippen LogP contribution < -0.4 is 10.6 Å². The molecule has 0 radical (unpaired) electrons. The minimum absolute atomic E-state index is 0.101. The van der Waals surface area contributed by atoms with Gasteiger partial charge < -0.3 is 20.3 Å². The van der Waals surface area contributed by atoms with E-state index >= 15 is 0 Å². The molecule has 0 fully saturated rings. The Bertz CT molecular complexity index is 1380. The molecule has 2 N–H and O–H groups in total. The average molecular weight is 560 g/mol. The van der Waals surface area contributed by atoms with E-state index in [0.717, 1.165) is 16.3 Å². The Morgan fingerprint density at radius 1 is 0.854 bits per heavy atom. The van der Waals surface area contributed by atoms with Crippen LogP contribution in [0.4, 0.5) is 10.5 Å². The maximum Gasteiger partial charge on any atom is 0.408 e. The molecule has 0 saturated carbocycles. The maximum atomic E-state index is 14.4. The molecule has 3 rings (SSSR count). The zero-order chi connectivity index (χ0) is 30.5. The number of alkyl carbamates (subject to hydrolysis) is 1. The highest BCUT2D eigenvalue weighted by molar-refractivity contribution is 6.00. The third-order valence-electron chi connectivity index (χ3n) is 6.54. The van der Waals surface area contributed by atoms with Crippen LogP contribution in [0.5, 0.6) is 0 Å². The van der Waals surface area contributed by atoms with Crippen LogP contribution in [-0.4, -0.2) is 40.0 Å². The van der Waals surface area contributed by atoms with Gasteiger partial charge in [-0.05, 0) is 89.3 Å². The number of aryl methyl sites for hydroxylation is 1. The van der Waals surface area contributed by atoms with Gasteiger partial charge in [0.2, 0.25) is 5.91 Å². The predicted octanol–water partition coefficient (Wildman–Crippen LogP) is 7.39. The zero-order valence-corrected chi connectivity index (χ0v) is 25.9. The molecule has 0 aliphatic heterocycles. The van der Waals surface area contributed by atoms with E-state index in [1.807, 2.05) is 108 Å². The lowest BCUT2D eigenvalue weighted by Gasteiger charge is -2.43. The summed E-state index contributed by atoms with van der Waals surface area (Å²) in [5.74, 6) is -0.587. The van der Waals surface area contributed by atoms with Crippen molar-refractivity contribution in [2.45, 2.75) is 92.0 Å². The van der Waals surface area contributed by atoms with Crippen LogP contribution in [0.2, 0.25) is 0 Å². The van der Waals surface area contributed by atoms with Crippen LogP contribution in [0, 0.1) is 12.8 Å². The number of carbonyl (C=O) groups excluding carboxylic acids is 3. The van der Waals surface area contributed by atoms with E-state index < -0.39 is 29.3 Å². The van der Waals surface area contributed by atoms with E-state index in [1.165, 1.54) is 0 Å². The fraction of sp³-hybridized carbons (Fsp3) is 0.441. The van der Waals surface area contributed by atoms with Crippen LogP contribution in [0.15, 0.2) is 66.7 Å². The number of hydrogen-bond acceptors (Lipinski definition) is 4. The molecule has 2 atom stereocenters. The summed E-state index contributed by atoms with van der Waals surface area (Å²) in [7, 11) is 0. The lowest BCUT2D eigenvalue weighted by Crippen LogP contribution is -2.58. The number of hydrogen-bond donors (Lipinski definition) is 2. The number of nitrogens with zero attached hydrogens (tertiary/aromatic N) is 1. The van der Waals surface area contributed by atoms with E-state index in [2.05, 4.69) is 10.6 Å². The van der Waals surface area contributed by atoms with Crippen molar-refractivity contribution in [3.63, 3.8) is 0 Å². The molecule has 3 aromatic carbocycles. The lowest BCUT2D eigenvalue weighted by molar-refractivity contribution is -0.147. The maximum absolute atomic E-state index is 14.4. The van der Waals surface area contributed by atoms with Crippen molar-refractivity contribution in [3.8, 4) is 0 Å². The van der Waals surface area contributed by atoms with Crippen molar-refractivity contribution < 1.29 is 19.1 Å². The summed E-state index contributed by atoms with van der Waals surface area (Å²) in [4.78, 5) is 43.0. The van der Waals surface area contributed by atoms with Gasteiger partial charge in [0.05, 0.1) is 0 Å². The van der Waals surface area contributed by atoms with Gasteiger partial charge in [-0.3, -0.25) is 9.59 Å². The quantitative estimate of drug-likeness (QED) is 0.301. The van der Waals surface area contributed by atoms with Crippen LogP contribution >= 0.6 is 0 Å². The van der Waals surface area contributed by atoms with Crippen LogP contribution in [0.1, 0.15) is 79.0 Å². The van der Waals surface area contributed by atoms with Gasteiger partial charge in [0.1, 0.15) is 17.7 Å². The van der Waals surface area contributed by atoms with Gasteiger partial charge in [-0.1, -0.05) is 74.0 Å². The summed E-state index contributed by atoms with van der Waals surface area (Å²) in [6.07, 6.45) is -0.282. The van der Waals surface area contributed by atoms with Crippen molar-refractivity contribution in [1.29, 1.82) is 0 Å². The van der Waals surface area contributed by atoms with Gasteiger partial charge in [0, 0.05) is 11.2 Å². The largest absolute Gasteiger partial charge is 0.444 e. The molecule has 0 aliphatic rings. The highest BCUT2D eigenvalue weighted by Crippen LogP contribution is 2.32. The second kappa shape index (κ2) is 12.8. The first-order valence-electron chi connectivity index (χ1n) is 14.2. The normalized spacial score (nSPS) is 13.4. The average Bonchev–Trinajstić information content (AvgIpc) is 2.84. The summed E-state index contributed by atoms with van der Waals surface area (Å²) >= 11 is 0. The number of amides is 3. The Balaban J connectivity index is 2.07.